The van der Waals surface area contributed by atoms with Gasteiger partial charge in [0.15, 0.2) is 0 Å². The summed E-state index contributed by atoms with van der Waals surface area (Å²) in [6.45, 7) is 3.65. The summed E-state index contributed by atoms with van der Waals surface area (Å²) < 4.78 is 14.5. The molecule has 0 unspecified atom stereocenters. The van der Waals surface area contributed by atoms with Gasteiger partial charge in [-0.25, -0.2) is 9.59 Å². The third-order valence-electron chi connectivity index (χ3n) is 5.15. The van der Waals surface area contributed by atoms with Crippen LogP contribution in [-0.2, 0) is 19.0 Å². The van der Waals surface area contributed by atoms with E-state index in [4.69, 9.17) is 25.7 Å². The van der Waals surface area contributed by atoms with Crippen molar-refractivity contribution in [3.8, 4) is 0 Å². The number of carbonyl (C=O) groups excluding carboxylic acids is 2. The number of hydrogen-bond acceptors (Lipinski definition) is 8. The Balaban J connectivity index is 1.54. The molecule has 8 heteroatoms. The number of hydrogen-bond donors (Lipinski definition) is 3. The van der Waals surface area contributed by atoms with E-state index in [0.29, 0.717) is 17.9 Å². The van der Waals surface area contributed by atoms with Gasteiger partial charge < -0.3 is 31.0 Å². The summed E-state index contributed by atoms with van der Waals surface area (Å²) in [4.78, 5) is 22.5. The molecule has 0 fully saturated rings. The van der Waals surface area contributed by atoms with Crippen molar-refractivity contribution in [2.75, 3.05) is 43.1 Å². The highest BCUT2D eigenvalue weighted by molar-refractivity contribution is 5.81. The Morgan fingerprint density at radius 1 is 0.743 bits per heavy atom. The average Bonchev–Trinajstić information content (AvgIpc) is 2.87. The molecule has 0 spiro atoms. The second kappa shape index (κ2) is 12.7. The van der Waals surface area contributed by atoms with Crippen molar-refractivity contribution in [1.29, 1.82) is 0 Å². The number of nitrogens with two attached hydrogens (primary N) is 2. The molecular formula is C27H29N3O5. The molecular weight excluding hydrogens is 446 g/mol. The lowest BCUT2D eigenvalue weighted by molar-refractivity contribution is -0.138. The van der Waals surface area contributed by atoms with E-state index in [1.54, 1.807) is 0 Å². The van der Waals surface area contributed by atoms with Crippen LogP contribution in [0.4, 0.5) is 21.9 Å². The van der Waals surface area contributed by atoms with Gasteiger partial charge in [0.1, 0.15) is 19.8 Å². The Morgan fingerprint density at radius 3 is 1.71 bits per heavy atom. The number of rotatable bonds is 11. The van der Waals surface area contributed by atoms with Gasteiger partial charge in [-0.2, -0.15) is 0 Å². The van der Waals surface area contributed by atoms with E-state index in [1.165, 1.54) is 0 Å². The molecule has 0 saturated carbocycles. The summed E-state index contributed by atoms with van der Waals surface area (Å²) in [5, 5.41) is 3.20. The van der Waals surface area contributed by atoms with Gasteiger partial charge in [0.05, 0.1) is 0 Å². The lowest BCUT2D eigenvalue weighted by Crippen LogP contribution is -2.17. The molecule has 0 bridgehead atoms. The first kappa shape index (κ1) is 25.2. The van der Waals surface area contributed by atoms with Crippen LogP contribution in [0.3, 0.4) is 0 Å². The topological polar surface area (TPSA) is 126 Å². The molecule has 3 aromatic carbocycles. The molecule has 0 radical (unpaired) electrons. The molecule has 0 aromatic heterocycles. The minimum atomic E-state index is -0.827. The molecule has 0 saturated heterocycles. The molecule has 3 aromatic rings. The first-order chi connectivity index (χ1) is 17.0. The van der Waals surface area contributed by atoms with Crippen molar-refractivity contribution in [2.45, 2.75) is 5.92 Å². The fourth-order valence-corrected chi connectivity index (χ4v) is 3.45. The first-order valence-corrected chi connectivity index (χ1v) is 11.1. The van der Waals surface area contributed by atoms with Gasteiger partial charge in [0, 0.05) is 35.6 Å². The van der Waals surface area contributed by atoms with E-state index in [-0.39, 0.29) is 25.7 Å². The molecule has 0 aliphatic rings. The maximum Gasteiger partial charge on any atom is 0.508 e. The highest BCUT2D eigenvalue weighted by Crippen LogP contribution is 2.33. The number of nitrogen functional groups attached to an aromatic ring is 2. The molecule has 0 atom stereocenters. The Morgan fingerprint density at radius 2 is 1.20 bits per heavy atom. The molecule has 0 heterocycles. The van der Waals surface area contributed by atoms with Crippen molar-refractivity contribution < 1.29 is 23.8 Å². The van der Waals surface area contributed by atoms with E-state index in [0.717, 1.165) is 28.5 Å². The van der Waals surface area contributed by atoms with Gasteiger partial charge >= 0.3 is 12.1 Å². The summed E-state index contributed by atoms with van der Waals surface area (Å²) in [7, 11) is 0. The van der Waals surface area contributed by atoms with E-state index in [2.05, 4.69) is 24.0 Å². The first-order valence-electron chi connectivity index (χ1n) is 11.1. The summed E-state index contributed by atoms with van der Waals surface area (Å²) in [6.07, 6.45) is 0.207. The van der Waals surface area contributed by atoms with Crippen molar-refractivity contribution >= 4 is 29.2 Å². The molecule has 8 nitrogen and oxygen atoms in total. The monoisotopic (exact) mass is 475 g/mol. The molecule has 5 N–H and O–H groups in total. The van der Waals surface area contributed by atoms with Crippen LogP contribution in [0.2, 0.25) is 0 Å². The van der Waals surface area contributed by atoms with Crippen LogP contribution >= 0.6 is 0 Å². The molecule has 0 amide bonds. The third-order valence-corrected chi connectivity index (χ3v) is 5.15. The minimum Gasteiger partial charge on any atom is -0.459 e. The minimum absolute atomic E-state index is 0.0223. The van der Waals surface area contributed by atoms with Gasteiger partial charge in [-0.05, 0) is 53.1 Å². The second-order valence-electron chi connectivity index (χ2n) is 7.63. The van der Waals surface area contributed by atoms with E-state index in [1.807, 2.05) is 60.7 Å². The Labute approximate surface area is 204 Å². The smallest absolute Gasteiger partial charge is 0.459 e. The predicted molar refractivity (Wildman–Crippen MR) is 136 cm³/mol. The summed E-state index contributed by atoms with van der Waals surface area (Å²) in [5.41, 5.74) is 17.4. The highest BCUT2D eigenvalue weighted by atomic mass is 16.7. The van der Waals surface area contributed by atoms with Crippen molar-refractivity contribution in [2.24, 2.45) is 0 Å². The van der Waals surface area contributed by atoms with Crippen LogP contribution in [0.1, 0.15) is 22.6 Å². The summed E-state index contributed by atoms with van der Waals surface area (Å²) in [6, 6.07) is 23.8. The largest absolute Gasteiger partial charge is 0.508 e. The zero-order valence-corrected chi connectivity index (χ0v) is 19.3. The van der Waals surface area contributed by atoms with Crippen LogP contribution in [0.15, 0.2) is 85.5 Å². The predicted octanol–water partition coefficient (Wildman–Crippen LogP) is 4.33. The van der Waals surface area contributed by atoms with Crippen LogP contribution in [0.5, 0.6) is 0 Å². The lowest BCUT2D eigenvalue weighted by Gasteiger charge is -2.20. The van der Waals surface area contributed by atoms with Crippen LogP contribution in [-0.4, -0.2) is 38.5 Å². The van der Waals surface area contributed by atoms with Gasteiger partial charge in [0.25, 0.3) is 0 Å². The van der Waals surface area contributed by atoms with E-state index >= 15 is 0 Å². The van der Waals surface area contributed by atoms with Gasteiger partial charge in [-0.3, -0.25) is 0 Å². The lowest BCUT2D eigenvalue weighted by atomic mass is 9.85. The molecule has 3 rings (SSSR count). The molecule has 182 valence electrons. The number of ether oxygens (including phenoxy) is 3. The second-order valence-corrected chi connectivity index (χ2v) is 7.63. The van der Waals surface area contributed by atoms with Gasteiger partial charge in [-0.1, -0.05) is 43.0 Å². The maximum absolute atomic E-state index is 11.6. The molecule has 0 aliphatic carbocycles. The third kappa shape index (κ3) is 7.82. The quantitative estimate of drug-likeness (QED) is 0.123. The van der Waals surface area contributed by atoms with Gasteiger partial charge in [-0.15, -0.1) is 0 Å². The number of carbonyl (C=O) groups is 2. The van der Waals surface area contributed by atoms with Crippen molar-refractivity contribution in [3.05, 3.63) is 102 Å². The standard InChI is InChI=1S/C27H29N3O5/c1-2-25(31)33-17-18-35-27(32)34-16-15-30-24-13-7-21(8-14-24)26(19-3-9-22(28)10-4-19)20-5-11-23(29)12-6-20/h2-14,26,30H,1,15-18,28-29H2. The number of nitrogens with one attached hydrogen (secondary N) is 1. The highest BCUT2D eigenvalue weighted by Gasteiger charge is 2.17. The van der Waals surface area contributed by atoms with Crippen molar-refractivity contribution in [1.82, 2.24) is 0 Å². The number of anilines is 3. The SMILES string of the molecule is C=CC(=O)OCCOC(=O)OCCNc1ccc(C(c2ccc(N)cc2)c2ccc(N)cc2)cc1. The van der Waals surface area contributed by atoms with Crippen molar-refractivity contribution in [3.63, 3.8) is 0 Å². The zero-order valence-electron chi connectivity index (χ0n) is 19.3. The van der Waals surface area contributed by atoms with E-state index in [9.17, 15) is 9.59 Å². The fraction of sp³-hybridized carbons (Fsp3) is 0.185. The Hall–Kier alpha value is -4.46. The van der Waals surface area contributed by atoms with Crippen LogP contribution < -0.4 is 16.8 Å². The van der Waals surface area contributed by atoms with E-state index < -0.39 is 12.1 Å². The molecule has 0 aliphatic heterocycles. The fourth-order valence-electron chi connectivity index (χ4n) is 3.45. The Bertz CT molecular complexity index is 1070. The number of benzene rings is 3. The summed E-state index contributed by atoms with van der Waals surface area (Å²) >= 11 is 0. The molecule has 35 heavy (non-hydrogen) atoms. The van der Waals surface area contributed by atoms with Gasteiger partial charge in [0.2, 0.25) is 0 Å². The zero-order chi connectivity index (χ0) is 25.0. The average molecular weight is 476 g/mol. The summed E-state index contributed by atoms with van der Waals surface area (Å²) in [5.74, 6) is -0.556. The number of esters is 1. The van der Waals surface area contributed by atoms with Crippen LogP contribution in [0.25, 0.3) is 0 Å². The normalized spacial score (nSPS) is 10.4. The maximum atomic E-state index is 11.6. The Kier molecular flexibility index (Phi) is 9.13. The van der Waals surface area contributed by atoms with Crippen LogP contribution in [0, 0.1) is 0 Å².